The molecule has 1 atom stereocenters. The van der Waals surface area contributed by atoms with Gasteiger partial charge in [0, 0.05) is 17.5 Å². The Hall–Kier alpha value is -0.640. The Morgan fingerprint density at radius 2 is 2.16 bits per heavy atom. The third-order valence-corrected chi connectivity index (χ3v) is 6.06. The lowest BCUT2D eigenvalue weighted by atomic mass is 9.96. The molecular formula is C16H21NS2. The summed E-state index contributed by atoms with van der Waals surface area (Å²) < 4.78 is 0. The van der Waals surface area contributed by atoms with Crippen molar-refractivity contribution in [2.45, 2.75) is 45.2 Å². The molecule has 3 heteroatoms. The molecule has 2 aromatic rings. The van der Waals surface area contributed by atoms with Gasteiger partial charge in [-0.05, 0) is 59.0 Å². The summed E-state index contributed by atoms with van der Waals surface area (Å²) in [5.74, 6) is 0.831. The average molecular weight is 291 g/mol. The van der Waals surface area contributed by atoms with E-state index in [2.05, 4.69) is 40.5 Å². The Kier molecular flexibility index (Phi) is 4.36. The van der Waals surface area contributed by atoms with Crippen LogP contribution in [-0.2, 0) is 6.54 Å². The van der Waals surface area contributed by atoms with Gasteiger partial charge in [-0.3, -0.25) is 0 Å². The number of hydrogen-bond acceptors (Lipinski definition) is 3. The highest BCUT2D eigenvalue weighted by Gasteiger charge is 2.26. The standard InChI is InChI=1S/C16H21NS2/c1-12-10-18-11-14(12)9-17-16(13-5-2-3-6-13)15-7-4-8-19-15/h4,7-8,10-11,13,16-17H,2-3,5-6,9H2,1H3. The number of aryl methyl sites for hydroxylation is 1. The second-order valence-corrected chi connectivity index (χ2v) is 7.22. The van der Waals surface area contributed by atoms with Crippen molar-refractivity contribution in [3.05, 3.63) is 44.3 Å². The summed E-state index contributed by atoms with van der Waals surface area (Å²) in [6.07, 6.45) is 5.59. The van der Waals surface area contributed by atoms with Crippen molar-refractivity contribution in [2.75, 3.05) is 0 Å². The smallest absolute Gasteiger partial charge is 0.0446 e. The highest BCUT2D eigenvalue weighted by Crippen LogP contribution is 2.37. The summed E-state index contributed by atoms with van der Waals surface area (Å²) in [6.45, 7) is 3.22. The molecule has 1 unspecified atom stereocenters. The van der Waals surface area contributed by atoms with Gasteiger partial charge in [0.05, 0.1) is 0 Å². The van der Waals surface area contributed by atoms with E-state index in [1.165, 1.54) is 41.7 Å². The first kappa shape index (κ1) is 13.3. The van der Waals surface area contributed by atoms with Gasteiger partial charge in [-0.15, -0.1) is 11.3 Å². The minimum Gasteiger partial charge on any atom is -0.305 e. The maximum atomic E-state index is 3.82. The summed E-state index contributed by atoms with van der Waals surface area (Å²) in [5, 5.41) is 10.6. The lowest BCUT2D eigenvalue weighted by Crippen LogP contribution is -2.26. The molecular weight excluding hydrogens is 270 g/mol. The van der Waals surface area contributed by atoms with Crippen LogP contribution in [0.4, 0.5) is 0 Å². The molecule has 0 amide bonds. The normalized spacial score (nSPS) is 17.9. The van der Waals surface area contributed by atoms with E-state index in [0.717, 1.165) is 12.5 Å². The van der Waals surface area contributed by atoms with E-state index in [1.807, 2.05) is 22.7 Å². The van der Waals surface area contributed by atoms with Crippen molar-refractivity contribution in [3.8, 4) is 0 Å². The lowest BCUT2D eigenvalue weighted by molar-refractivity contribution is 0.371. The van der Waals surface area contributed by atoms with Crippen molar-refractivity contribution in [1.82, 2.24) is 5.32 Å². The Morgan fingerprint density at radius 3 is 2.79 bits per heavy atom. The molecule has 1 N–H and O–H groups in total. The Morgan fingerprint density at radius 1 is 1.32 bits per heavy atom. The van der Waals surface area contributed by atoms with Crippen LogP contribution in [0.5, 0.6) is 0 Å². The van der Waals surface area contributed by atoms with Crippen LogP contribution in [0.25, 0.3) is 0 Å². The zero-order valence-corrected chi connectivity index (χ0v) is 13.0. The van der Waals surface area contributed by atoms with Crippen LogP contribution in [0.3, 0.4) is 0 Å². The van der Waals surface area contributed by atoms with E-state index in [1.54, 1.807) is 0 Å². The molecule has 0 spiro atoms. The molecule has 0 aromatic carbocycles. The van der Waals surface area contributed by atoms with Gasteiger partial charge in [-0.25, -0.2) is 0 Å². The van der Waals surface area contributed by atoms with Crippen molar-refractivity contribution < 1.29 is 0 Å². The minimum atomic E-state index is 0.557. The molecule has 2 heterocycles. The van der Waals surface area contributed by atoms with Crippen LogP contribution in [0.15, 0.2) is 28.3 Å². The largest absolute Gasteiger partial charge is 0.305 e. The molecule has 0 bridgehead atoms. The van der Waals surface area contributed by atoms with Gasteiger partial charge in [-0.2, -0.15) is 11.3 Å². The van der Waals surface area contributed by atoms with Crippen molar-refractivity contribution in [2.24, 2.45) is 5.92 Å². The van der Waals surface area contributed by atoms with Gasteiger partial charge >= 0.3 is 0 Å². The van der Waals surface area contributed by atoms with Crippen molar-refractivity contribution in [1.29, 1.82) is 0 Å². The summed E-state index contributed by atoms with van der Waals surface area (Å²) in [4.78, 5) is 1.51. The second-order valence-electron chi connectivity index (χ2n) is 5.50. The van der Waals surface area contributed by atoms with Gasteiger partial charge in [0.1, 0.15) is 0 Å². The average Bonchev–Trinajstić information content (AvgIpc) is 3.13. The topological polar surface area (TPSA) is 12.0 Å². The minimum absolute atomic E-state index is 0.557. The first-order chi connectivity index (χ1) is 9.34. The van der Waals surface area contributed by atoms with Gasteiger partial charge < -0.3 is 5.32 Å². The molecule has 1 aliphatic carbocycles. The summed E-state index contributed by atoms with van der Waals surface area (Å²) in [5.41, 5.74) is 2.89. The van der Waals surface area contributed by atoms with Crippen LogP contribution >= 0.6 is 22.7 Å². The second kappa shape index (κ2) is 6.21. The van der Waals surface area contributed by atoms with E-state index in [0.29, 0.717) is 6.04 Å². The fourth-order valence-electron chi connectivity index (χ4n) is 3.05. The Bertz CT molecular complexity index is 495. The zero-order valence-electron chi connectivity index (χ0n) is 11.4. The monoisotopic (exact) mass is 291 g/mol. The van der Waals surface area contributed by atoms with Crippen LogP contribution in [0.1, 0.15) is 47.7 Å². The van der Waals surface area contributed by atoms with Gasteiger partial charge in [0.25, 0.3) is 0 Å². The third kappa shape index (κ3) is 3.10. The fourth-order valence-corrected chi connectivity index (χ4v) is 4.80. The molecule has 1 aliphatic rings. The van der Waals surface area contributed by atoms with Crippen LogP contribution in [0.2, 0.25) is 0 Å². The molecule has 19 heavy (non-hydrogen) atoms. The van der Waals surface area contributed by atoms with Crippen LogP contribution in [0, 0.1) is 12.8 Å². The fraction of sp³-hybridized carbons (Fsp3) is 0.500. The van der Waals surface area contributed by atoms with Crippen molar-refractivity contribution >= 4 is 22.7 Å². The quantitative estimate of drug-likeness (QED) is 0.804. The summed E-state index contributed by atoms with van der Waals surface area (Å²) in [6, 6.07) is 5.03. The number of rotatable bonds is 5. The number of thiophene rings is 2. The maximum absolute atomic E-state index is 3.82. The molecule has 0 radical (unpaired) electrons. The van der Waals surface area contributed by atoms with Gasteiger partial charge in [0.15, 0.2) is 0 Å². The van der Waals surface area contributed by atoms with Crippen LogP contribution in [-0.4, -0.2) is 0 Å². The molecule has 102 valence electrons. The third-order valence-electron chi connectivity index (χ3n) is 4.19. The molecule has 3 rings (SSSR count). The molecule has 1 nitrogen and oxygen atoms in total. The van der Waals surface area contributed by atoms with E-state index < -0.39 is 0 Å². The number of hydrogen-bond donors (Lipinski definition) is 1. The van der Waals surface area contributed by atoms with Crippen LogP contribution < -0.4 is 5.32 Å². The highest BCUT2D eigenvalue weighted by molar-refractivity contribution is 7.10. The first-order valence-corrected chi connectivity index (χ1v) is 8.95. The predicted molar refractivity (Wildman–Crippen MR) is 84.9 cm³/mol. The Balaban J connectivity index is 1.71. The zero-order chi connectivity index (χ0) is 13.1. The maximum Gasteiger partial charge on any atom is 0.0446 e. The molecule has 0 saturated heterocycles. The van der Waals surface area contributed by atoms with Crippen molar-refractivity contribution in [3.63, 3.8) is 0 Å². The summed E-state index contributed by atoms with van der Waals surface area (Å²) >= 11 is 3.71. The van der Waals surface area contributed by atoms with E-state index in [9.17, 15) is 0 Å². The van der Waals surface area contributed by atoms with E-state index >= 15 is 0 Å². The number of nitrogens with one attached hydrogen (secondary N) is 1. The highest BCUT2D eigenvalue weighted by atomic mass is 32.1. The van der Waals surface area contributed by atoms with Gasteiger partial charge in [-0.1, -0.05) is 18.9 Å². The Labute approximate surface area is 123 Å². The first-order valence-electron chi connectivity index (χ1n) is 7.13. The van der Waals surface area contributed by atoms with E-state index in [-0.39, 0.29) is 0 Å². The molecule has 2 aromatic heterocycles. The summed E-state index contributed by atoms with van der Waals surface area (Å²) in [7, 11) is 0. The molecule has 1 saturated carbocycles. The van der Waals surface area contributed by atoms with Gasteiger partial charge in [0.2, 0.25) is 0 Å². The SMILES string of the molecule is Cc1cscc1CNC(c1cccs1)C1CCCC1. The molecule has 1 fully saturated rings. The van der Waals surface area contributed by atoms with E-state index in [4.69, 9.17) is 0 Å². The lowest BCUT2D eigenvalue weighted by Gasteiger charge is -2.24. The predicted octanol–water partition coefficient (Wildman–Crippen LogP) is 5.14. The molecule has 0 aliphatic heterocycles.